The summed E-state index contributed by atoms with van der Waals surface area (Å²) in [5.41, 5.74) is 2.91. The Bertz CT molecular complexity index is 1540. The van der Waals surface area contributed by atoms with E-state index in [1.54, 1.807) is 60.9 Å². The van der Waals surface area contributed by atoms with Gasteiger partial charge >= 0.3 is 0 Å². The van der Waals surface area contributed by atoms with Gasteiger partial charge in [-0.25, -0.2) is 0 Å². The molecule has 3 amide bonds. The Kier molecular flexibility index (Phi) is 7.70. The normalized spacial score (nSPS) is 13.1. The smallest absolute Gasteiger partial charge is 0.299 e. The van der Waals surface area contributed by atoms with Gasteiger partial charge in [0.2, 0.25) is 5.91 Å². The summed E-state index contributed by atoms with van der Waals surface area (Å²) < 4.78 is 0. The first kappa shape index (κ1) is 26.8. The van der Waals surface area contributed by atoms with Crippen molar-refractivity contribution in [2.75, 3.05) is 35.8 Å². The Hall–Kier alpha value is -4.83. The van der Waals surface area contributed by atoms with Crippen molar-refractivity contribution in [2.24, 2.45) is 0 Å². The van der Waals surface area contributed by atoms with Crippen LogP contribution in [0.25, 0.3) is 0 Å². The molecule has 3 heterocycles. The van der Waals surface area contributed by atoms with Gasteiger partial charge in [-0.15, -0.1) is 11.3 Å². The number of anilines is 3. The Balaban J connectivity index is 1.48. The average Bonchev–Trinajstić information content (AvgIpc) is 3.57. The van der Waals surface area contributed by atoms with Crippen molar-refractivity contribution in [3.8, 4) is 0 Å². The van der Waals surface area contributed by atoms with Gasteiger partial charge in [-0.1, -0.05) is 24.3 Å². The highest BCUT2D eigenvalue weighted by Crippen LogP contribution is 2.32. The molecule has 1 aliphatic heterocycles. The third kappa shape index (κ3) is 5.48. The molecule has 1 atom stereocenters. The zero-order valence-corrected chi connectivity index (χ0v) is 22.8. The first-order valence-corrected chi connectivity index (χ1v) is 13.5. The Labute approximate surface area is 235 Å². The fraction of sp³-hybridized carbons (Fsp3) is 0.167. The van der Waals surface area contributed by atoms with E-state index in [4.69, 9.17) is 0 Å². The third-order valence-electron chi connectivity index (χ3n) is 6.59. The maximum atomic E-state index is 14.0. The molecule has 2 aromatic heterocycles. The quantitative estimate of drug-likeness (QED) is 0.313. The summed E-state index contributed by atoms with van der Waals surface area (Å²) in [6, 6.07) is 20.2. The van der Waals surface area contributed by atoms with Crippen molar-refractivity contribution in [1.82, 2.24) is 9.88 Å². The van der Waals surface area contributed by atoms with Crippen LogP contribution in [0.3, 0.4) is 0 Å². The lowest BCUT2D eigenvalue weighted by Crippen LogP contribution is -2.46. The number of benzene rings is 2. The van der Waals surface area contributed by atoms with E-state index in [2.05, 4.69) is 10.3 Å². The molecule has 202 valence electrons. The van der Waals surface area contributed by atoms with Crippen LogP contribution in [0.5, 0.6) is 0 Å². The minimum Gasteiger partial charge on any atom is -0.378 e. The van der Waals surface area contributed by atoms with Crippen molar-refractivity contribution < 1.29 is 19.2 Å². The molecule has 2 aromatic carbocycles. The summed E-state index contributed by atoms with van der Waals surface area (Å²) in [5, 5.41) is 4.79. The van der Waals surface area contributed by atoms with Crippen LogP contribution in [0.1, 0.15) is 26.8 Å². The minimum absolute atomic E-state index is 0.0693. The number of para-hydroxylation sites is 1. The van der Waals surface area contributed by atoms with Crippen molar-refractivity contribution in [1.29, 1.82) is 0 Å². The number of pyridine rings is 1. The van der Waals surface area contributed by atoms with Gasteiger partial charge < -0.3 is 15.1 Å². The highest BCUT2D eigenvalue weighted by Gasteiger charge is 2.39. The number of ketones is 1. The van der Waals surface area contributed by atoms with Crippen molar-refractivity contribution >= 4 is 51.9 Å². The van der Waals surface area contributed by atoms with E-state index in [-0.39, 0.29) is 12.1 Å². The van der Waals surface area contributed by atoms with Crippen molar-refractivity contribution in [3.63, 3.8) is 0 Å². The molecule has 0 saturated heterocycles. The molecule has 10 heteroatoms. The molecule has 0 fully saturated rings. The van der Waals surface area contributed by atoms with Crippen molar-refractivity contribution in [2.45, 2.75) is 12.6 Å². The van der Waals surface area contributed by atoms with Gasteiger partial charge in [0.15, 0.2) is 0 Å². The zero-order valence-electron chi connectivity index (χ0n) is 22.0. The van der Waals surface area contributed by atoms with Gasteiger partial charge in [-0.2, -0.15) is 0 Å². The third-order valence-corrected chi connectivity index (χ3v) is 7.52. The number of hydrogen-bond donors (Lipinski definition) is 1. The maximum Gasteiger partial charge on any atom is 0.299 e. The maximum absolute atomic E-state index is 14.0. The van der Waals surface area contributed by atoms with Gasteiger partial charge in [-0.05, 0) is 59.5 Å². The van der Waals surface area contributed by atoms with E-state index in [9.17, 15) is 19.2 Å². The molecule has 5 rings (SSSR count). The van der Waals surface area contributed by atoms with Crippen LogP contribution in [0.15, 0.2) is 90.6 Å². The number of Topliss-reactive ketones (excluding diaryl/α,β-unsaturated/α-hetero) is 1. The topological polar surface area (TPSA) is 103 Å². The first-order valence-electron chi connectivity index (χ1n) is 12.6. The van der Waals surface area contributed by atoms with Crippen molar-refractivity contribution in [3.05, 3.63) is 107 Å². The van der Waals surface area contributed by atoms with Gasteiger partial charge in [0.25, 0.3) is 17.6 Å². The monoisotopic (exact) mass is 553 g/mol. The lowest BCUT2D eigenvalue weighted by molar-refractivity contribution is -0.138. The number of carbonyl (C=O) groups is 4. The molecule has 1 aliphatic rings. The van der Waals surface area contributed by atoms with Crippen LogP contribution in [0, 0.1) is 0 Å². The second kappa shape index (κ2) is 11.5. The standard InChI is InChI=1S/C30H27N5O4S/c1-33(2)22-13-11-21(12-14-22)32-29(38)27(25-10-6-16-40-25)35(18-20-7-5-15-31-17-20)26(36)19-34-24-9-4-3-8-23(24)28(37)30(34)39/h3-17,27H,18-19H2,1-2H3,(H,32,38). The molecule has 1 unspecified atom stereocenters. The van der Waals surface area contributed by atoms with Crippen LogP contribution in [0.2, 0.25) is 0 Å². The lowest BCUT2D eigenvalue weighted by Gasteiger charge is -2.32. The SMILES string of the molecule is CN(C)c1ccc(NC(=O)C(c2cccs2)N(Cc2cccnc2)C(=O)CN2C(=O)C(=O)c3ccccc32)cc1. The zero-order chi connectivity index (χ0) is 28.2. The highest BCUT2D eigenvalue weighted by molar-refractivity contribution is 7.10. The van der Waals surface area contributed by atoms with E-state index >= 15 is 0 Å². The fourth-order valence-corrected chi connectivity index (χ4v) is 5.40. The number of amides is 3. The molecular formula is C30H27N5O4S. The van der Waals surface area contributed by atoms with E-state index < -0.39 is 36.1 Å². The molecule has 0 aliphatic carbocycles. The number of nitrogens with zero attached hydrogens (tertiary/aromatic N) is 4. The summed E-state index contributed by atoms with van der Waals surface area (Å²) in [7, 11) is 3.86. The predicted octanol–water partition coefficient (Wildman–Crippen LogP) is 4.15. The average molecular weight is 554 g/mol. The van der Waals surface area contributed by atoms with E-state index in [1.165, 1.54) is 21.1 Å². The predicted molar refractivity (Wildman–Crippen MR) is 154 cm³/mol. The summed E-state index contributed by atoms with van der Waals surface area (Å²) in [4.78, 5) is 62.6. The molecule has 0 spiro atoms. The summed E-state index contributed by atoms with van der Waals surface area (Å²) >= 11 is 1.35. The number of fused-ring (bicyclic) bond motifs is 1. The Morgan fingerprint density at radius 3 is 2.42 bits per heavy atom. The lowest BCUT2D eigenvalue weighted by atomic mass is 10.1. The summed E-state index contributed by atoms with van der Waals surface area (Å²) in [5.74, 6) is -2.32. The first-order chi connectivity index (χ1) is 19.3. The second-order valence-corrected chi connectivity index (χ2v) is 10.4. The van der Waals surface area contributed by atoms with E-state index in [1.807, 2.05) is 48.6 Å². The molecule has 1 N–H and O–H groups in total. The fourth-order valence-electron chi connectivity index (χ4n) is 4.57. The van der Waals surface area contributed by atoms with E-state index in [0.29, 0.717) is 21.8 Å². The molecule has 0 saturated carbocycles. The van der Waals surface area contributed by atoms with Gasteiger partial charge in [0.05, 0.1) is 11.3 Å². The molecular weight excluding hydrogens is 526 g/mol. The molecule has 40 heavy (non-hydrogen) atoms. The molecule has 9 nitrogen and oxygen atoms in total. The number of aromatic nitrogens is 1. The number of hydrogen-bond acceptors (Lipinski definition) is 7. The molecule has 4 aromatic rings. The Morgan fingerprint density at radius 2 is 1.75 bits per heavy atom. The minimum atomic E-state index is -0.995. The summed E-state index contributed by atoms with van der Waals surface area (Å²) in [6.45, 7) is -0.325. The van der Waals surface area contributed by atoms with Crippen LogP contribution >= 0.6 is 11.3 Å². The Morgan fingerprint density at radius 1 is 0.975 bits per heavy atom. The van der Waals surface area contributed by atoms with E-state index in [0.717, 1.165) is 5.69 Å². The second-order valence-electron chi connectivity index (χ2n) is 9.47. The van der Waals surface area contributed by atoms with Gasteiger partial charge in [0.1, 0.15) is 12.6 Å². The summed E-state index contributed by atoms with van der Waals surface area (Å²) in [6.07, 6.45) is 3.26. The number of rotatable bonds is 9. The van der Waals surface area contributed by atoms with Crippen LogP contribution < -0.4 is 15.1 Å². The van der Waals surface area contributed by atoms with Crippen LogP contribution in [0.4, 0.5) is 17.1 Å². The number of nitrogens with one attached hydrogen (secondary N) is 1. The molecule has 0 bridgehead atoms. The van der Waals surface area contributed by atoms with Crippen LogP contribution in [-0.4, -0.2) is 54.0 Å². The molecule has 0 radical (unpaired) electrons. The number of carbonyl (C=O) groups excluding carboxylic acids is 4. The highest BCUT2D eigenvalue weighted by atomic mass is 32.1. The van der Waals surface area contributed by atoms with Gasteiger partial charge in [-0.3, -0.25) is 29.1 Å². The van der Waals surface area contributed by atoms with Crippen LogP contribution in [-0.2, 0) is 20.9 Å². The van der Waals surface area contributed by atoms with Gasteiger partial charge in [0, 0.05) is 49.3 Å². The largest absolute Gasteiger partial charge is 0.378 e. The number of thiophene rings is 1.